The van der Waals surface area contributed by atoms with Gasteiger partial charge in [-0.05, 0) is 37.8 Å². The first kappa shape index (κ1) is 11.6. The standard InChI is InChI=1S/C12H18N2OS/c1-13-9-10-5-2-3-7-14(10)12(15)11-6-4-8-16-11/h4,6,8,10,13H,2-3,5,7,9H2,1H3. The molecule has 1 aromatic heterocycles. The van der Waals surface area contributed by atoms with Crippen LogP contribution in [0.3, 0.4) is 0 Å². The van der Waals surface area contributed by atoms with Crippen molar-refractivity contribution in [2.75, 3.05) is 20.1 Å². The average molecular weight is 238 g/mol. The topological polar surface area (TPSA) is 32.3 Å². The van der Waals surface area contributed by atoms with Gasteiger partial charge in [-0.15, -0.1) is 11.3 Å². The number of piperidine rings is 1. The van der Waals surface area contributed by atoms with E-state index < -0.39 is 0 Å². The van der Waals surface area contributed by atoms with Gasteiger partial charge in [0.1, 0.15) is 0 Å². The molecule has 1 unspecified atom stereocenters. The highest BCUT2D eigenvalue weighted by Crippen LogP contribution is 2.21. The fourth-order valence-electron chi connectivity index (χ4n) is 2.26. The quantitative estimate of drug-likeness (QED) is 0.873. The van der Waals surface area contributed by atoms with E-state index in [1.54, 1.807) is 0 Å². The number of nitrogens with one attached hydrogen (secondary N) is 1. The van der Waals surface area contributed by atoms with Crippen LogP contribution in [-0.4, -0.2) is 37.0 Å². The van der Waals surface area contributed by atoms with Gasteiger partial charge in [-0.1, -0.05) is 6.07 Å². The number of nitrogens with zero attached hydrogens (tertiary/aromatic N) is 1. The van der Waals surface area contributed by atoms with E-state index in [9.17, 15) is 4.79 Å². The number of hydrogen-bond acceptors (Lipinski definition) is 3. The fourth-order valence-corrected chi connectivity index (χ4v) is 2.94. The SMILES string of the molecule is CNCC1CCCCN1C(=O)c1cccs1. The van der Waals surface area contributed by atoms with E-state index in [1.165, 1.54) is 17.8 Å². The third-order valence-electron chi connectivity index (χ3n) is 3.06. The molecule has 1 atom stereocenters. The van der Waals surface area contributed by atoms with E-state index in [0.29, 0.717) is 6.04 Å². The summed E-state index contributed by atoms with van der Waals surface area (Å²) in [6.45, 7) is 1.81. The summed E-state index contributed by atoms with van der Waals surface area (Å²) in [5, 5.41) is 5.14. The summed E-state index contributed by atoms with van der Waals surface area (Å²) in [6, 6.07) is 4.22. The van der Waals surface area contributed by atoms with Crippen molar-refractivity contribution in [2.45, 2.75) is 25.3 Å². The average Bonchev–Trinajstić information content (AvgIpc) is 2.83. The second-order valence-corrected chi connectivity index (χ2v) is 5.13. The van der Waals surface area contributed by atoms with E-state index >= 15 is 0 Å². The molecule has 1 aromatic rings. The lowest BCUT2D eigenvalue weighted by molar-refractivity contribution is 0.0620. The Morgan fingerprint density at radius 2 is 2.50 bits per heavy atom. The predicted molar refractivity (Wildman–Crippen MR) is 66.9 cm³/mol. The maximum absolute atomic E-state index is 12.3. The number of thiophene rings is 1. The lowest BCUT2D eigenvalue weighted by Gasteiger charge is -2.35. The van der Waals surface area contributed by atoms with Gasteiger partial charge in [0.2, 0.25) is 0 Å². The van der Waals surface area contributed by atoms with Gasteiger partial charge in [-0.2, -0.15) is 0 Å². The zero-order valence-corrected chi connectivity index (χ0v) is 10.4. The minimum absolute atomic E-state index is 0.204. The molecule has 0 radical (unpaired) electrons. The lowest BCUT2D eigenvalue weighted by Crippen LogP contribution is -2.47. The van der Waals surface area contributed by atoms with Crippen molar-refractivity contribution >= 4 is 17.2 Å². The summed E-state index contributed by atoms with van der Waals surface area (Å²) >= 11 is 1.53. The van der Waals surface area contributed by atoms with E-state index in [4.69, 9.17) is 0 Å². The minimum Gasteiger partial charge on any atom is -0.334 e. The first-order valence-electron chi connectivity index (χ1n) is 5.82. The molecule has 16 heavy (non-hydrogen) atoms. The van der Waals surface area contributed by atoms with Crippen LogP contribution in [0.2, 0.25) is 0 Å². The Hall–Kier alpha value is -0.870. The molecule has 0 bridgehead atoms. The zero-order chi connectivity index (χ0) is 11.4. The smallest absolute Gasteiger partial charge is 0.264 e. The van der Waals surface area contributed by atoms with Crippen LogP contribution in [0, 0.1) is 0 Å². The Bertz CT molecular complexity index is 335. The van der Waals surface area contributed by atoms with Crippen LogP contribution in [0.5, 0.6) is 0 Å². The van der Waals surface area contributed by atoms with Crippen LogP contribution in [0.25, 0.3) is 0 Å². The highest BCUT2D eigenvalue weighted by molar-refractivity contribution is 7.12. The molecule has 2 rings (SSSR count). The maximum atomic E-state index is 12.3. The number of likely N-dealkylation sites (N-methyl/N-ethyl adjacent to an activating group) is 1. The summed E-state index contributed by atoms with van der Waals surface area (Å²) in [5.41, 5.74) is 0. The van der Waals surface area contributed by atoms with Crippen molar-refractivity contribution in [1.82, 2.24) is 10.2 Å². The summed E-state index contributed by atoms with van der Waals surface area (Å²) < 4.78 is 0. The molecule has 4 heteroatoms. The van der Waals surface area contributed by atoms with E-state index in [-0.39, 0.29) is 5.91 Å². The van der Waals surface area contributed by atoms with Gasteiger partial charge in [0, 0.05) is 19.1 Å². The van der Waals surface area contributed by atoms with Gasteiger partial charge >= 0.3 is 0 Å². The molecule has 3 nitrogen and oxygen atoms in total. The largest absolute Gasteiger partial charge is 0.334 e. The van der Waals surface area contributed by atoms with Crippen molar-refractivity contribution in [3.05, 3.63) is 22.4 Å². The molecule has 2 heterocycles. The van der Waals surface area contributed by atoms with Gasteiger partial charge in [0.05, 0.1) is 4.88 Å². The summed E-state index contributed by atoms with van der Waals surface area (Å²) in [5.74, 6) is 0.204. The Balaban J connectivity index is 2.08. The molecule has 1 amide bonds. The van der Waals surface area contributed by atoms with Crippen LogP contribution in [0.1, 0.15) is 28.9 Å². The zero-order valence-electron chi connectivity index (χ0n) is 9.61. The lowest BCUT2D eigenvalue weighted by atomic mass is 10.0. The first-order chi connectivity index (χ1) is 7.83. The number of carbonyl (C=O) groups is 1. The Kier molecular flexibility index (Phi) is 3.96. The number of amides is 1. The molecule has 0 aromatic carbocycles. The van der Waals surface area contributed by atoms with Crippen LogP contribution in [-0.2, 0) is 0 Å². The van der Waals surface area contributed by atoms with E-state index in [2.05, 4.69) is 5.32 Å². The molecule has 1 N–H and O–H groups in total. The Morgan fingerprint density at radius 1 is 1.62 bits per heavy atom. The van der Waals surface area contributed by atoms with Crippen LogP contribution >= 0.6 is 11.3 Å². The van der Waals surface area contributed by atoms with Gasteiger partial charge in [-0.25, -0.2) is 0 Å². The highest BCUT2D eigenvalue weighted by atomic mass is 32.1. The normalized spacial score (nSPS) is 21.1. The summed E-state index contributed by atoms with van der Waals surface area (Å²) in [4.78, 5) is 15.2. The molecule has 88 valence electrons. The minimum atomic E-state index is 0.204. The first-order valence-corrected chi connectivity index (χ1v) is 6.70. The molecule has 1 aliphatic rings. The third kappa shape index (κ3) is 2.44. The fraction of sp³-hybridized carbons (Fsp3) is 0.583. The van der Waals surface area contributed by atoms with Crippen molar-refractivity contribution in [3.63, 3.8) is 0 Å². The van der Waals surface area contributed by atoms with Gasteiger partial charge in [0.15, 0.2) is 0 Å². The molecular weight excluding hydrogens is 220 g/mol. The van der Waals surface area contributed by atoms with Gasteiger partial charge in [0.25, 0.3) is 5.91 Å². The number of carbonyl (C=O) groups excluding carboxylic acids is 1. The highest BCUT2D eigenvalue weighted by Gasteiger charge is 2.27. The molecule has 0 spiro atoms. The van der Waals surface area contributed by atoms with Crippen molar-refractivity contribution in [2.24, 2.45) is 0 Å². The second-order valence-electron chi connectivity index (χ2n) is 4.18. The van der Waals surface area contributed by atoms with Crippen LogP contribution in [0.15, 0.2) is 17.5 Å². The van der Waals surface area contributed by atoms with E-state index in [0.717, 1.165) is 30.8 Å². The Morgan fingerprint density at radius 3 is 3.19 bits per heavy atom. The van der Waals surface area contributed by atoms with Crippen LogP contribution in [0.4, 0.5) is 0 Å². The van der Waals surface area contributed by atoms with E-state index in [1.807, 2.05) is 29.5 Å². The van der Waals surface area contributed by atoms with Gasteiger partial charge in [-0.3, -0.25) is 4.79 Å². The van der Waals surface area contributed by atoms with Crippen molar-refractivity contribution < 1.29 is 4.79 Å². The third-order valence-corrected chi connectivity index (χ3v) is 3.92. The molecule has 0 aliphatic carbocycles. The second kappa shape index (κ2) is 5.46. The molecule has 1 saturated heterocycles. The maximum Gasteiger partial charge on any atom is 0.264 e. The molecular formula is C12H18N2OS. The van der Waals surface area contributed by atoms with Crippen LogP contribution < -0.4 is 5.32 Å². The molecule has 1 aliphatic heterocycles. The van der Waals surface area contributed by atoms with Crippen molar-refractivity contribution in [3.8, 4) is 0 Å². The number of likely N-dealkylation sites (tertiary alicyclic amines) is 1. The molecule has 1 fully saturated rings. The van der Waals surface area contributed by atoms with Gasteiger partial charge < -0.3 is 10.2 Å². The Labute approximate surface area is 100 Å². The number of hydrogen-bond donors (Lipinski definition) is 1. The monoisotopic (exact) mass is 238 g/mol. The summed E-state index contributed by atoms with van der Waals surface area (Å²) in [7, 11) is 1.95. The van der Waals surface area contributed by atoms with Crippen molar-refractivity contribution in [1.29, 1.82) is 0 Å². The summed E-state index contributed by atoms with van der Waals surface area (Å²) in [6.07, 6.45) is 3.50. The number of rotatable bonds is 3. The molecule has 0 saturated carbocycles. The predicted octanol–water partition coefficient (Wildman–Crippen LogP) is 1.96.